The Hall–Kier alpha value is -2.37. The second kappa shape index (κ2) is 54.2. The lowest BCUT2D eigenvalue weighted by molar-refractivity contribution is -0.167. The maximum atomic E-state index is 12.8. The molecule has 0 heterocycles. The van der Waals surface area contributed by atoms with E-state index in [9.17, 15) is 14.4 Å². The standard InChI is InChI=1S/C59H108O6/c1-4-7-10-13-16-19-21-23-24-25-26-27-28-29-30-31-32-33-34-36-37-40-43-46-49-52-58(61)64-55-56(54-63-57(60)51-48-45-42-39-18-15-12-9-6-3)65-59(62)53-50-47-44-41-38-35-22-20-17-14-11-8-5-2/h21,23,25-26,28-29,56H,4-20,22,24,27,30-55H2,1-3H3/b23-21-,26-25-,29-28-. The third-order valence-corrected chi connectivity index (χ3v) is 12.6. The average Bonchev–Trinajstić information content (AvgIpc) is 3.30. The molecule has 1 atom stereocenters. The molecular formula is C59H108O6. The highest BCUT2D eigenvalue weighted by Gasteiger charge is 2.19. The van der Waals surface area contributed by atoms with E-state index in [0.717, 1.165) is 70.6 Å². The predicted octanol–water partition coefficient (Wildman–Crippen LogP) is 18.9. The Balaban J connectivity index is 4.18. The van der Waals surface area contributed by atoms with Crippen molar-refractivity contribution < 1.29 is 28.6 Å². The fourth-order valence-corrected chi connectivity index (χ4v) is 8.33. The van der Waals surface area contributed by atoms with Crippen LogP contribution < -0.4 is 0 Å². The largest absolute Gasteiger partial charge is 0.462 e. The van der Waals surface area contributed by atoms with Crippen molar-refractivity contribution in [3.05, 3.63) is 36.5 Å². The molecule has 0 aliphatic rings. The van der Waals surface area contributed by atoms with Gasteiger partial charge >= 0.3 is 17.9 Å². The average molecular weight is 914 g/mol. The van der Waals surface area contributed by atoms with Crippen LogP contribution in [0.1, 0.15) is 303 Å². The number of hydrogen-bond acceptors (Lipinski definition) is 6. The molecule has 0 aromatic heterocycles. The Bertz CT molecular complexity index is 1090. The second-order valence-corrected chi connectivity index (χ2v) is 19.2. The molecule has 0 aromatic carbocycles. The summed E-state index contributed by atoms with van der Waals surface area (Å²) in [4.78, 5) is 38.0. The fraction of sp³-hybridized carbons (Fsp3) is 0.847. The first-order valence-electron chi connectivity index (χ1n) is 28.5. The summed E-state index contributed by atoms with van der Waals surface area (Å²) < 4.78 is 16.8. The number of hydrogen-bond donors (Lipinski definition) is 0. The first-order chi connectivity index (χ1) is 32.0. The molecule has 0 spiro atoms. The zero-order valence-electron chi connectivity index (χ0n) is 43.5. The number of carbonyl (C=O) groups is 3. The molecule has 6 nitrogen and oxygen atoms in total. The first kappa shape index (κ1) is 62.6. The number of esters is 3. The van der Waals surface area contributed by atoms with Crippen molar-refractivity contribution in [1.82, 2.24) is 0 Å². The van der Waals surface area contributed by atoms with Gasteiger partial charge in [-0.05, 0) is 57.8 Å². The van der Waals surface area contributed by atoms with Crippen LogP contribution in [0.15, 0.2) is 36.5 Å². The minimum Gasteiger partial charge on any atom is -0.462 e. The summed E-state index contributed by atoms with van der Waals surface area (Å²) in [5, 5.41) is 0. The smallest absolute Gasteiger partial charge is 0.306 e. The predicted molar refractivity (Wildman–Crippen MR) is 279 cm³/mol. The monoisotopic (exact) mass is 913 g/mol. The SMILES string of the molecule is CCCCCCC/C=C\C/C=C\C/C=C\CCCCCCCCCCCCC(=O)OCC(COC(=O)CCCCCCCCCCC)OC(=O)CCCCCCCCCCCCCCC. The molecule has 0 radical (unpaired) electrons. The highest BCUT2D eigenvalue weighted by Crippen LogP contribution is 2.16. The highest BCUT2D eigenvalue weighted by atomic mass is 16.6. The Morgan fingerprint density at radius 1 is 0.308 bits per heavy atom. The Labute approximate surface area is 404 Å². The van der Waals surface area contributed by atoms with Crippen LogP contribution in [-0.4, -0.2) is 37.2 Å². The van der Waals surface area contributed by atoms with E-state index in [1.54, 1.807) is 0 Å². The van der Waals surface area contributed by atoms with Gasteiger partial charge in [-0.2, -0.15) is 0 Å². The molecule has 0 aliphatic heterocycles. The van der Waals surface area contributed by atoms with Gasteiger partial charge < -0.3 is 14.2 Å². The fourth-order valence-electron chi connectivity index (χ4n) is 8.33. The zero-order valence-corrected chi connectivity index (χ0v) is 43.5. The van der Waals surface area contributed by atoms with Crippen LogP contribution in [0.4, 0.5) is 0 Å². The maximum Gasteiger partial charge on any atom is 0.306 e. The van der Waals surface area contributed by atoms with E-state index in [1.807, 2.05) is 0 Å². The Morgan fingerprint density at radius 3 is 0.862 bits per heavy atom. The van der Waals surface area contributed by atoms with Crippen LogP contribution in [0, 0.1) is 0 Å². The van der Waals surface area contributed by atoms with Crippen molar-refractivity contribution in [2.45, 2.75) is 309 Å². The molecule has 0 aliphatic carbocycles. The van der Waals surface area contributed by atoms with Crippen molar-refractivity contribution in [3.63, 3.8) is 0 Å². The summed E-state index contributed by atoms with van der Waals surface area (Å²) in [6.07, 6.45) is 64.3. The molecule has 65 heavy (non-hydrogen) atoms. The van der Waals surface area contributed by atoms with Gasteiger partial charge in [-0.1, -0.05) is 263 Å². The van der Waals surface area contributed by atoms with Crippen LogP contribution in [-0.2, 0) is 28.6 Å². The van der Waals surface area contributed by atoms with E-state index in [4.69, 9.17) is 14.2 Å². The number of carbonyl (C=O) groups excluding carboxylic acids is 3. The van der Waals surface area contributed by atoms with Gasteiger partial charge in [0.25, 0.3) is 0 Å². The van der Waals surface area contributed by atoms with Gasteiger partial charge in [0.1, 0.15) is 13.2 Å². The summed E-state index contributed by atoms with van der Waals surface area (Å²) in [5.41, 5.74) is 0. The van der Waals surface area contributed by atoms with Gasteiger partial charge in [0.05, 0.1) is 0 Å². The molecule has 6 heteroatoms. The lowest BCUT2D eigenvalue weighted by Crippen LogP contribution is -2.30. The molecule has 0 saturated heterocycles. The molecule has 0 aromatic rings. The lowest BCUT2D eigenvalue weighted by atomic mass is 10.0. The van der Waals surface area contributed by atoms with Crippen LogP contribution in [0.2, 0.25) is 0 Å². The summed E-state index contributed by atoms with van der Waals surface area (Å²) >= 11 is 0. The molecule has 380 valence electrons. The summed E-state index contributed by atoms with van der Waals surface area (Å²) in [6, 6.07) is 0. The maximum absolute atomic E-state index is 12.8. The van der Waals surface area contributed by atoms with Crippen molar-refractivity contribution in [3.8, 4) is 0 Å². The second-order valence-electron chi connectivity index (χ2n) is 19.2. The molecule has 0 saturated carbocycles. The molecule has 0 bridgehead atoms. The van der Waals surface area contributed by atoms with E-state index < -0.39 is 6.10 Å². The van der Waals surface area contributed by atoms with E-state index in [0.29, 0.717) is 19.3 Å². The lowest BCUT2D eigenvalue weighted by Gasteiger charge is -2.18. The molecule has 0 rings (SSSR count). The summed E-state index contributed by atoms with van der Waals surface area (Å²) in [5.74, 6) is -0.861. The van der Waals surface area contributed by atoms with Crippen LogP contribution in [0.3, 0.4) is 0 Å². The molecular weight excluding hydrogens is 805 g/mol. The van der Waals surface area contributed by atoms with Gasteiger partial charge in [-0.15, -0.1) is 0 Å². The summed E-state index contributed by atoms with van der Waals surface area (Å²) in [7, 11) is 0. The topological polar surface area (TPSA) is 78.9 Å². The third kappa shape index (κ3) is 52.5. The van der Waals surface area contributed by atoms with Crippen molar-refractivity contribution in [1.29, 1.82) is 0 Å². The van der Waals surface area contributed by atoms with E-state index in [-0.39, 0.29) is 31.1 Å². The quantitative estimate of drug-likeness (QED) is 0.0262. The van der Waals surface area contributed by atoms with Crippen LogP contribution >= 0.6 is 0 Å². The number of unbranched alkanes of at least 4 members (excludes halogenated alkanes) is 35. The van der Waals surface area contributed by atoms with Gasteiger partial charge in [0.2, 0.25) is 0 Å². The Morgan fingerprint density at radius 2 is 0.554 bits per heavy atom. The third-order valence-electron chi connectivity index (χ3n) is 12.6. The van der Waals surface area contributed by atoms with E-state index >= 15 is 0 Å². The van der Waals surface area contributed by atoms with Crippen molar-refractivity contribution >= 4 is 17.9 Å². The summed E-state index contributed by atoms with van der Waals surface area (Å²) in [6.45, 7) is 6.63. The van der Waals surface area contributed by atoms with E-state index in [1.165, 1.54) is 193 Å². The van der Waals surface area contributed by atoms with E-state index in [2.05, 4.69) is 57.2 Å². The number of allylic oxidation sites excluding steroid dienone is 6. The normalized spacial score (nSPS) is 12.2. The number of ether oxygens (including phenoxy) is 3. The van der Waals surface area contributed by atoms with Gasteiger partial charge in [0, 0.05) is 19.3 Å². The molecule has 0 N–H and O–H groups in total. The van der Waals surface area contributed by atoms with Crippen molar-refractivity contribution in [2.75, 3.05) is 13.2 Å². The van der Waals surface area contributed by atoms with Crippen molar-refractivity contribution in [2.24, 2.45) is 0 Å². The van der Waals surface area contributed by atoms with Gasteiger partial charge in [-0.25, -0.2) is 0 Å². The minimum atomic E-state index is -0.767. The molecule has 0 fully saturated rings. The Kier molecular flexibility index (Phi) is 52.3. The zero-order chi connectivity index (χ0) is 47.2. The van der Waals surface area contributed by atoms with Gasteiger partial charge in [-0.3, -0.25) is 14.4 Å². The number of rotatable bonds is 52. The first-order valence-corrected chi connectivity index (χ1v) is 28.5. The van der Waals surface area contributed by atoms with Crippen LogP contribution in [0.5, 0.6) is 0 Å². The van der Waals surface area contributed by atoms with Crippen LogP contribution in [0.25, 0.3) is 0 Å². The highest BCUT2D eigenvalue weighted by molar-refractivity contribution is 5.71. The molecule has 0 amide bonds. The minimum absolute atomic E-state index is 0.0689. The van der Waals surface area contributed by atoms with Gasteiger partial charge in [0.15, 0.2) is 6.10 Å². The molecule has 1 unspecified atom stereocenters.